The van der Waals surface area contributed by atoms with E-state index in [0.717, 1.165) is 0 Å². The van der Waals surface area contributed by atoms with Crippen LogP contribution in [0.1, 0.15) is 22.3 Å². The Hall–Kier alpha value is -1.18. The molecular weight excluding hydrogens is 503 g/mol. The first-order valence-electron chi connectivity index (χ1n) is 9.55. The molecule has 4 rings (SSSR count). The van der Waals surface area contributed by atoms with Crippen LogP contribution in [0.4, 0.5) is 0 Å². The summed E-state index contributed by atoms with van der Waals surface area (Å²) in [6, 6.07) is 34.5. The first-order valence-corrected chi connectivity index (χ1v) is 14.7. The number of hydrogen-bond acceptors (Lipinski definition) is 0. The molecule has 4 heteroatoms. The summed E-state index contributed by atoms with van der Waals surface area (Å²) >= 11 is 1.64. The van der Waals surface area contributed by atoms with Crippen LogP contribution in [-0.2, 0) is 23.3 Å². The quantitative estimate of drug-likeness (QED) is 0.240. The van der Waals surface area contributed by atoms with Crippen LogP contribution < -0.4 is 35.2 Å². The molecule has 4 aromatic carbocycles. The molecule has 0 atom stereocenters. The second-order valence-corrected chi connectivity index (χ2v) is 12.6. The molecule has 0 heterocycles. The summed E-state index contributed by atoms with van der Waals surface area (Å²) < 4.78 is 0. The Kier molecular flexibility index (Phi) is 15.0. The van der Waals surface area contributed by atoms with Gasteiger partial charge < -0.3 is 24.8 Å². The second-order valence-electron chi connectivity index (χ2n) is 7.04. The van der Waals surface area contributed by atoms with Gasteiger partial charge in [-0.05, 0) is 0 Å². The van der Waals surface area contributed by atoms with Crippen molar-refractivity contribution in [1.29, 1.82) is 0 Å². The van der Waals surface area contributed by atoms with E-state index in [4.69, 9.17) is 0 Å². The van der Waals surface area contributed by atoms with Crippen LogP contribution in [0.25, 0.3) is 0 Å². The van der Waals surface area contributed by atoms with E-state index in [1.807, 2.05) is 0 Å². The molecule has 0 nitrogen and oxygen atoms in total. The molecule has 0 unspecified atom stereocenters. The molecule has 0 aliphatic rings. The van der Waals surface area contributed by atoms with Gasteiger partial charge in [0.1, 0.15) is 0 Å². The van der Waals surface area contributed by atoms with E-state index in [1.54, 1.807) is 23.3 Å². The number of rotatable bonds is 2. The van der Waals surface area contributed by atoms with Crippen LogP contribution in [0, 0.1) is 27.7 Å². The van der Waals surface area contributed by atoms with Crippen molar-refractivity contribution in [3.63, 3.8) is 0 Å². The van der Waals surface area contributed by atoms with E-state index in [0.29, 0.717) is 0 Å². The fourth-order valence-electron chi connectivity index (χ4n) is 2.81. The Labute approximate surface area is 209 Å². The Morgan fingerprint density at radius 3 is 1.13 bits per heavy atom. The molecule has 0 radical (unpaired) electrons. The van der Waals surface area contributed by atoms with Gasteiger partial charge in [0.05, 0.1) is 0 Å². The van der Waals surface area contributed by atoms with E-state index < -0.39 is 5.43 Å². The first-order chi connectivity index (χ1) is 13.5. The first kappa shape index (κ1) is 28.8. The molecule has 0 N–H and O–H groups in total. The van der Waals surface area contributed by atoms with Gasteiger partial charge in [0, 0.05) is 0 Å². The van der Waals surface area contributed by atoms with Crippen molar-refractivity contribution in [3.05, 3.63) is 119 Å². The Bertz CT molecular complexity index is 860. The van der Waals surface area contributed by atoms with Gasteiger partial charge in [0.25, 0.3) is 0 Å². The minimum absolute atomic E-state index is 0. The van der Waals surface area contributed by atoms with Crippen molar-refractivity contribution in [2.45, 2.75) is 27.7 Å². The molecule has 0 saturated carbocycles. The molecule has 0 bridgehead atoms. The number of halogens is 2. The molecule has 0 aliphatic carbocycles. The van der Waals surface area contributed by atoms with E-state index >= 15 is 0 Å². The fraction of sp³-hybridized carbons (Fsp3) is 0.154. The molecule has 0 amide bonds. The summed E-state index contributed by atoms with van der Waals surface area (Å²) in [5.74, 6) is 0. The van der Waals surface area contributed by atoms with Crippen LogP contribution in [0.2, 0.25) is 0 Å². The molecule has 156 valence electrons. The van der Waals surface area contributed by atoms with E-state index in [-0.39, 0.29) is 24.8 Å². The summed E-state index contributed by atoms with van der Waals surface area (Å²) in [4.78, 5) is 0. The van der Waals surface area contributed by atoms with Crippen molar-refractivity contribution in [1.82, 2.24) is 0 Å². The Morgan fingerprint density at radius 2 is 0.933 bits per heavy atom. The van der Waals surface area contributed by atoms with E-state index in [2.05, 4.69) is 125 Å². The summed E-state index contributed by atoms with van der Waals surface area (Å²) in [6.45, 7) is 8.42. The van der Waals surface area contributed by atoms with Gasteiger partial charge in [-0.1, -0.05) is 27.7 Å². The molecule has 4 aromatic rings. The summed E-state index contributed by atoms with van der Waals surface area (Å²) in [5, 5.41) is 3.03. The average molecular weight is 531 g/mol. The monoisotopic (exact) mass is 528 g/mol. The number of hydrogen-bond donors (Lipinski definition) is 0. The van der Waals surface area contributed by atoms with Gasteiger partial charge in [-0.15, -0.1) is 0 Å². The van der Waals surface area contributed by atoms with Gasteiger partial charge >= 0.3 is 99.8 Å². The van der Waals surface area contributed by atoms with Gasteiger partial charge in [0.15, 0.2) is 0 Å². The molecule has 0 aromatic heterocycles. The van der Waals surface area contributed by atoms with Gasteiger partial charge in [-0.3, -0.25) is 0 Å². The van der Waals surface area contributed by atoms with Crippen molar-refractivity contribution in [3.8, 4) is 0 Å². The molecular formula is C26H28Cl2SiZr-2. The third kappa shape index (κ3) is 10.7. The SMILES string of the molecule is Cc1c[cH-]c(C)c1.Cc1c[cH-]c(C)c1.[Cl-].[Cl-].[Zr+2]=[Si](c1ccccc1)c1ccccc1. The van der Waals surface area contributed by atoms with Crippen LogP contribution in [0.5, 0.6) is 0 Å². The zero-order valence-electron chi connectivity index (χ0n) is 18.0. The summed E-state index contributed by atoms with van der Waals surface area (Å²) in [7, 11) is 0. The van der Waals surface area contributed by atoms with Gasteiger partial charge in [-0.2, -0.15) is 35.4 Å². The van der Waals surface area contributed by atoms with E-state index in [9.17, 15) is 0 Å². The predicted molar refractivity (Wildman–Crippen MR) is 121 cm³/mol. The zero-order valence-corrected chi connectivity index (χ0v) is 23.0. The van der Waals surface area contributed by atoms with Crippen molar-refractivity contribution in [2.75, 3.05) is 0 Å². The topological polar surface area (TPSA) is 0 Å². The van der Waals surface area contributed by atoms with E-state index in [1.165, 1.54) is 32.6 Å². The normalized spacial score (nSPS) is 9.00. The Morgan fingerprint density at radius 1 is 0.600 bits per heavy atom. The minimum atomic E-state index is -0.455. The Balaban J connectivity index is 0.000000448. The molecule has 0 aliphatic heterocycles. The van der Waals surface area contributed by atoms with Crippen molar-refractivity contribution < 1.29 is 48.1 Å². The van der Waals surface area contributed by atoms with Gasteiger partial charge in [-0.25, -0.2) is 23.3 Å². The zero-order chi connectivity index (χ0) is 20.4. The fourth-order valence-corrected chi connectivity index (χ4v) is 6.66. The van der Waals surface area contributed by atoms with Crippen molar-refractivity contribution in [2.24, 2.45) is 0 Å². The maximum absolute atomic E-state index is 2.25. The number of benzene rings is 2. The molecule has 0 spiro atoms. The third-order valence-electron chi connectivity index (χ3n) is 4.25. The molecule has 0 saturated heterocycles. The number of aryl methyl sites for hydroxylation is 4. The van der Waals surface area contributed by atoms with Crippen LogP contribution in [-0.4, -0.2) is 5.43 Å². The summed E-state index contributed by atoms with van der Waals surface area (Å²) in [6.07, 6.45) is 0. The van der Waals surface area contributed by atoms with Gasteiger partial charge in [0.2, 0.25) is 0 Å². The van der Waals surface area contributed by atoms with Crippen LogP contribution in [0.3, 0.4) is 0 Å². The van der Waals surface area contributed by atoms with Crippen LogP contribution in [0.15, 0.2) is 97.1 Å². The average Bonchev–Trinajstić information content (AvgIpc) is 3.29. The molecule has 30 heavy (non-hydrogen) atoms. The maximum atomic E-state index is 2.25. The van der Waals surface area contributed by atoms with Crippen molar-refractivity contribution >= 4 is 15.8 Å². The third-order valence-corrected chi connectivity index (χ3v) is 10.3. The standard InChI is InChI=1S/C12H10Si.2C7H9.2ClH.Zr/c1-3-7-11(8-4-1)13-12-9-5-2-6-10-12;2*1-6-3-4-7(2)5-6;;;/h1-10H;2*3-5H,1-2H3;2*1H;/q;2*-1;;;+2/p-2. The summed E-state index contributed by atoms with van der Waals surface area (Å²) in [5.41, 5.74) is 4.98. The molecule has 0 fully saturated rings. The van der Waals surface area contributed by atoms with Crippen LogP contribution >= 0.6 is 0 Å². The second kappa shape index (κ2) is 15.6. The predicted octanol–water partition coefficient (Wildman–Crippen LogP) is -0.608.